The first kappa shape index (κ1) is 37.6. The Morgan fingerprint density at radius 1 is 1.04 bits per heavy atom. The van der Waals surface area contributed by atoms with E-state index in [1.807, 2.05) is 13.8 Å². The number of hydroxylamine groups is 1. The maximum atomic E-state index is 14.4. The van der Waals surface area contributed by atoms with Crippen LogP contribution in [0, 0.1) is 39.9 Å². The summed E-state index contributed by atoms with van der Waals surface area (Å²) in [4.78, 5) is 74.3. The molecule has 0 amide bonds. The van der Waals surface area contributed by atoms with Crippen LogP contribution in [-0.2, 0) is 47.8 Å². The maximum absolute atomic E-state index is 14.4. The van der Waals surface area contributed by atoms with Gasteiger partial charge in [-0.15, -0.1) is 5.48 Å². The summed E-state index contributed by atoms with van der Waals surface area (Å²) in [6.07, 6.45) is 6.16. The van der Waals surface area contributed by atoms with Gasteiger partial charge in [0.25, 0.3) is 0 Å². The minimum atomic E-state index is -1.43. The van der Waals surface area contributed by atoms with Crippen LogP contribution in [-0.4, -0.2) is 61.9 Å². The van der Waals surface area contributed by atoms with Gasteiger partial charge < -0.3 is 23.8 Å². The van der Waals surface area contributed by atoms with Gasteiger partial charge in [0.05, 0.1) is 19.6 Å². The number of hydrogen-bond donors (Lipinski definition) is 1. The molecule has 4 rings (SSSR count). The third kappa shape index (κ3) is 6.43. The van der Waals surface area contributed by atoms with Crippen molar-refractivity contribution < 1.29 is 47.8 Å². The number of esters is 2. The number of nitrogens with one attached hydrogen (secondary N) is 1. The fourth-order valence-corrected chi connectivity index (χ4v) is 8.85. The highest BCUT2D eigenvalue weighted by Crippen LogP contribution is 2.67. The predicted octanol–water partition coefficient (Wildman–Crippen LogP) is 5.55. The van der Waals surface area contributed by atoms with E-state index in [0.717, 1.165) is 32.1 Å². The summed E-state index contributed by atoms with van der Waals surface area (Å²) in [6, 6.07) is -1.04. The molecule has 1 N–H and O–H groups in total. The Hall–Kier alpha value is -3.21. The molecule has 0 aromatic carbocycles. The molecule has 0 radical (unpaired) electrons. The van der Waals surface area contributed by atoms with E-state index in [0.29, 0.717) is 24.8 Å². The summed E-state index contributed by atoms with van der Waals surface area (Å²) in [6.45, 7) is 14.6. The summed E-state index contributed by atoms with van der Waals surface area (Å²) in [5.74, 6) is -4.67. The van der Waals surface area contributed by atoms with Gasteiger partial charge in [0.15, 0.2) is 11.5 Å². The van der Waals surface area contributed by atoms with Crippen molar-refractivity contribution in [2.24, 2.45) is 39.9 Å². The zero-order valence-electron chi connectivity index (χ0n) is 30.4. The molecular weight excluding hydrogens is 618 g/mol. The number of unbranched alkanes of at least 4 members (excludes halogenated alkanes) is 5. The molecule has 3 aliphatic carbocycles. The van der Waals surface area contributed by atoms with E-state index in [4.69, 9.17) is 23.8 Å². The van der Waals surface area contributed by atoms with Crippen LogP contribution in [0.15, 0.2) is 23.2 Å². The molecule has 1 unspecified atom stereocenters. The predicted molar refractivity (Wildman–Crippen MR) is 176 cm³/mol. The lowest BCUT2D eigenvalue weighted by atomic mass is 9.40. The Morgan fingerprint density at radius 3 is 2.29 bits per heavy atom. The van der Waals surface area contributed by atoms with Crippen molar-refractivity contribution in [1.29, 1.82) is 0 Å². The summed E-state index contributed by atoms with van der Waals surface area (Å²) < 4.78 is 23.3. The van der Waals surface area contributed by atoms with Crippen LogP contribution in [0.2, 0.25) is 0 Å². The van der Waals surface area contributed by atoms with E-state index < -0.39 is 64.2 Å². The Bertz CT molecular complexity index is 1360. The molecule has 4 aliphatic rings. The van der Waals surface area contributed by atoms with E-state index in [1.165, 1.54) is 14.2 Å². The first-order valence-electron chi connectivity index (χ1n) is 17.5. The molecule has 0 spiro atoms. The Kier molecular flexibility index (Phi) is 11.2. The van der Waals surface area contributed by atoms with Gasteiger partial charge >= 0.3 is 17.9 Å². The highest BCUT2D eigenvalue weighted by Gasteiger charge is 2.74. The third-order valence-corrected chi connectivity index (χ3v) is 11.4. The lowest BCUT2D eigenvalue weighted by molar-refractivity contribution is -0.239. The smallest absolute Gasteiger partial charge is 0.348 e. The highest BCUT2D eigenvalue weighted by molar-refractivity contribution is 6.07. The molecule has 0 aromatic heterocycles. The molecule has 1 heterocycles. The summed E-state index contributed by atoms with van der Waals surface area (Å²) in [5, 5.41) is 0. The van der Waals surface area contributed by atoms with Crippen molar-refractivity contribution in [2.45, 2.75) is 125 Å². The molecule has 11 nitrogen and oxygen atoms in total. The van der Waals surface area contributed by atoms with E-state index >= 15 is 0 Å². The van der Waals surface area contributed by atoms with E-state index in [1.54, 1.807) is 40.7 Å². The quantitative estimate of drug-likeness (QED) is 0.114. The number of Topliss-reactive ketones (excluding diaryl/α,β-unsaturated/α-hetero) is 2. The second-order valence-electron chi connectivity index (χ2n) is 15.6. The molecule has 0 bridgehead atoms. The van der Waals surface area contributed by atoms with Crippen LogP contribution in [0.5, 0.6) is 0 Å². The number of methoxy groups -OCH3 is 2. The van der Waals surface area contributed by atoms with Gasteiger partial charge in [0.1, 0.15) is 12.1 Å². The van der Waals surface area contributed by atoms with E-state index in [2.05, 4.69) is 12.4 Å². The normalized spacial score (nSPS) is 33.5. The van der Waals surface area contributed by atoms with E-state index in [-0.39, 0.29) is 34.9 Å². The number of ether oxygens (including phenoxy) is 4. The topological polar surface area (TPSA) is 144 Å². The second kappa shape index (κ2) is 14.3. The average molecular weight is 674 g/mol. The van der Waals surface area contributed by atoms with Crippen LogP contribution in [0.4, 0.5) is 0 Å². The first-order chi connectivity index (χ1) is 22.5. The summed E-state index contributed by atoms with van der Waals surface area (Å²) in [5.41, 5.74) is -0.0471. The minimum absolute atomic E-state index is 0.0497. The molecule has 0 aromatic rings. The van der Waals surface area contributed by atoms with Gasteiger partial charge in [-0.05, 0) is 64.0 Å². The first-order valence-corrected chi connectivity index (χ1v) is 17.5. The molecule has 48 heavy (non-hydrogen) atoms. The minimum Gasteiger partial charge on any atom is -0.493 e. The molecule has 11 heteroatoms. The van der Waals surface area contributed by atoms with Crippen LogP contribution in [0.1, 0.15) is 107 Å². The number of rotatable bonds is 13. The summed E-state index contributed by atoms with van der Waals surface area (Å²) >= 11 is 0. The number of ketones is 2. The van der Waals surface area contributed by atoms with E-state index in [9.17, 15) is 24.0 Å². The van der Waals surface area contributed by atoms with Crippen molar-refractivity contribution in [1.82, 2.24) is 5.48 Å². The number of carbonyl (C=O) groups is 5. The summed E-state index contributed by atoms with van der Waals surface area (Å²) in [7, 11) is 2.83. The number of carbonyl (C=O) groups excluding carboxylic acids is 5. The molecule has 1 saturated carbocycles. The van der Waals surface area contributed by atoms with Crippen LogP contribution < -0.4 is 5.48 Å². The Labute approximate surface area is 284 Å². The SMILES string of the molecule is CCCCCCCCC(NOC(=O)C(C)(C)C)C(=O)O[C@H]1C(=O)O[C@@H]2C[C@H]3[C@H](C)C=C(OC)C(=O)[C@]3(C)[C@H]3C(=O)C(OC)=C(C)[C@H]1[C@@]32C. The van der Waals surface area contributed by atoms with Crippen molar-refractivity contribution in [3.8, 4) is 0 Å². The largest absolute Gasteiger partial charge is 0.493 e. The molecule has 1 aliphatic heterocycles. The van der Waals surface area contributed by atoms with Gasteiger partial charge in [0, 0.05) is 22.7 Å². The molecular formula is C37H55NO10. The zero-order chi connectivity index (χ0) is 35.8. The number of hydrogen-bond acceptors (Lipinski definition) is 11. The van der Waals surface area contributed by atoms with Crippen LogP contribution in [0.3, 0.4) is 0 Å². The van der Waals surface area contributed by atoms with Crippen LogP contribution >= 0.6 is 0 Å². The van der Waals surface area contributed by atoms with Crippen LogP contribution in [0.25, 0.3) is 0 Å². The second-order valence-corrected chi connectivity index (χ2v) is 15.6. The number of allylic oxidation sites excluding steroid dienone is 3. The van der Waals surface area contributed by atoms with Gasteiger partial charge in [-0.2, -0.15) is 0 Å². The average Bonchev–Trinajstić information content (AvgIpc) is 3.01. The lowest BCUT2D eigenvalue weighted by Crippen LogP contribution is -2.72. The number of fused-ring (bicyclic) bond motifs is 2. The van der Waals surface area contributed by atoms with Gasteiger partial charge in [-0.3, -0.25) is 14.4 Å². The van der Waals surface area contributed by atoms with Crippen molar-refractivity contribution in [3.05, 3.63) is 23.2 Å². The Balaban J connectivity index is 1.70. The molecule has 1 saturated heterocycles. The molecule has 9 atom stereocenters. The van der Waals surface area contributed by atoms with Gasteiger partial charge in [0.2, 0.25) is 17.7 Å². The van der Waals surface area contributed by atoms with Gasteiger partial charge in [-0.25, -0.2) is 9.59 Å². The fourth-order valence-electron chi connectivity index (χ4n) is 8.85. The maximum Gasteiger partial charge on any atom is 0.348 e. The van der Waals surface area contributed by atoms with Crippen molar-refractivity contribution in [3.63, 3.8) is 0 Å². The lowest BCUT2D eigenvalue weighted by Gasteiger charge is -2.64. The third-order valence-electron chi connectivity index (χ3n) is 11.4. The Morgan fingerprint density at radius 2 is 1.69 bits per heavy atom. The van der Waals surface area contributed by atoms with Crippen molar-refractivity contribution >= 4 is 29.5 Å². The highest BCUT2D eigenvalue weighted by atomic mass is 16.7. The standard InChI is InChI=1S/C37H55NO10/c1-11-12-13-14-15-16-17-23(38-48-34(43)35(4,5)6)32(41)47-29-26-21(3)28(45-10)27(39)30-36(7)22(20(2)18-24(44-9)31(36)40)19-25(37(26,30)8)46-33(29)42/h18,20,22-23,25-26,29-30,38H,11-17,19H2,1-10H3/t20-,22+,23?,25-,26-,29-,30-,36+,37+/m1/s1. The fraction of sp³-hybridized carbons (Fsp3) is 0.757. The molecule has 2 fully saturated rings. The molecule has 268 valence electrons. The zero-order valence-corrected chi connectivity index (χ0v) is 30.4. The van der Waals surface area contributed by atoms with Gasteiger partial charge in [-0.1, -0.05) is 66.2 Å². The van der Waals surface area contributed by atoms with Crippen molar-refractivity contribution in [2.75, 3.05) is 14.2 Å². The monoisotopic (exact) mass is 673 g/mol.